The molecule has 0 spiro atoms. The van der Waals surface area contributed by atoms with Crippen molar-refractivity contribution in [3.8, 4) is 0 Å². The van der Waals surface area contributed by atoms with Gasteiger partial charge >= 0.3 is 0 Å². The first-order chi connectivity index (χ1) is 9.74. The smallest absolute Gasteiger partial charge is 0.140 e. The largest absolute Gasteiger partial charge is 0.338 e. The molecule has 114 valence electrons. The number of nitrogens with zero attached hydrogens (tertiary/aromatic N) is 2. The van der Waals surface area contributed by atoms with Crippen molar-refractivity contribution in [2.45, 2.75) is 77.6 Å². The second-order valence-corrected chi connectivity index (χ2v) is 5.75. The Balaban J connectivity index is 1.93. The third-order valence-corrected chi connectivity index (χ3v) is 3.84. The van der Waals surface area contributed by atoms with E-state index in [2.05, 4.69) is 11.9 Å². The van der Waals surface area contributed by atoms with Gasteiger partial charge in [0.1, 0.15) is 11.6 Å². The summed E-state index contributed by atoms with van der Waals surface area (Å²) < 4.78 is 1.92. The van der Waals surface area contributed by atoms with Gasteiger partial charge in [-0.05, 0) is 6.42 Å². The number of hydrogen-bond donors (Lipinski definition) is 0. The van der Waals surface area contributed by atoms with Crippen molar-refractivity contribution in [1.29, 1.82) is 0 Å². The second kappa shape index (κ2) is 10.6. The van der Waals surface area contributed by atoms with Gasteiger partial charge in [0.2, 0.25) is 0 Å². The van der Waals surface area contributed by atoms with Gasteiger partial charge in [-0.15, -0.1) is 0 Å². The number of ketones is 1. The van der Waals surface area contributed by atoms with Crippen LogP contribution in [0.4, 0.5) is 0 Å². The molecule has 0 atom stereocenters. The maximum absolute atomic E-state index is 11.8. The molecule has 0 unspecified atom stereocenters. The molecule has 0 bridgehead atoms. The summed E-state index contributed by atoms with van der Waals surface area (Å²) in [5.74, 6) is 1.20. The number of aromatic nitrogens is 2. The molecule has 0 aliphatic heterocycles. The number of hydrogen-bond acceptors (Lipinski definition) is 2. The highest BCUT2D eigenvalue weighted by Gasteiger charge is 2.06. The van der Waals surface area contributed by atoms with Crippen LogP contribution in [0.25, 0.3) is 0 Å². The molecule has 0 radical (unpaired) electrons. The van der Waals surface area contributed by atoms with E-state index in [4.69, 9.17) is 0 Å². The van der Waals surface area contributed by atoms with Gasteiger partial charge < -0.3 is 4.57 Å². The van der Waals surface area contributed by atoms with E-state index in [1.54, 1.807) is 6.20 Å². The molecule has 0 N–H and O–H groups in total. The topological polar surface area (TPSA) is 34.9 Å². The van der Waals surface area contributed by atoms with E-state index in [0.717, 1.165) is 12.2 Å². The zero-order valence-electron chi connectivity index (χ0n) is 13.2. The van der Waals surface area contributed by atoms with Crippen LogP contribution in [-0.2, 0) is 18.3 Å². The first kappa shape index (κ1) is 16.9. The van der Waals surface area contributed by atoms with E-state index in [9.17, 15) is 4.79 Å². The Labute approximate surface area is 123 Å². The highest BCUT2D eigenvalue weighted by molar-refractivity contribution is 5.80. The van der Waals surface area contributed by atoms with Crippen LogP contribution in [0.1, 0.15) is 77.0 Å². The fourth-order valence-electron chi connectivity index (χ4n) is 2.46. The van der Waals surface area contributed by atoms with Crippen LogP contribution in [0.15, 0.2) is 12.4 Å². The van der Waals surface area contributed by atoms with Crippen molar-refractivity contribution in [3.05, 3.63) is 18.2 Å². The van der Waals surface area contributed by atoms with Gasteiger partial charge in [0.15, 0.2) is 0 Å². The van der Waals surface area contributed by atoms with Crippen molar-refractivity contribution < 1.29 is 4.79 Å². The minimum atomic E-state index is 0.322. The van der Waals surface area contributed by atoms with Crippen LogP contribution < -0.4 is 0 Å². The third-order valence-electron chi connectivity index (χ3n) is 3.84. The predicted molar refractivity (Wildman–Crippen MR) is 83.8 cm³/mol. The zero-order chi connectivity index (χ0) is 14.6. The lowest BCUT2D eigenvalue weighted by atomic mass is 10.0. The summed E-state index contributed by atoms with van der Waals surface area (Å²) in [6.45, 7) is 2.25. The number of imidazole rings is 1. The van der Waals surface area contributed by atoms with Gasteiger partial charge in [-0.1, -0.05) is 58.3 Å². The first-order valence-corrected chi connectivity index (χ1v) is 8.22. The molecule has 0 aliphatic carbocycles. The first-order valence-electron chi connectivity index (χ1n) is 8.22. The van der Waals surface area contributed by atoms with Gasteiger partial charge in [0, 0.05) is 25.9 Å². The molecule has 0 saturated heterocycles. The van der Waals surface area contributed by atoms with Crippen molar-refractivity contribution in [1.82, 2.24) is 9.55 Å². The Kier molecular flexibility index (Phi) is 9.01. The van der Waals surface area contributed by atoms with Crippen LogP contribution in [0.5, 0.6) is 0 Å². The van der Waals surface area contributed by atoms with E-state index in [1.165, 1.54) is 51.4 Å². The summed E-state index contributed by atoms with van der Waals surface area (Å²) in [6.07, 6.45) is 16.5. The molecule has 0 aromatic carbocycles. The molecule has 1 aromatic rings. The molecule has 3 heteroatoms. The van der Waals surface area contributed by atoms with E-state index >= 15 is 0 Å². The Bertz CT molecular complexity index is 371. The van der Waals surface area contributed by atoms with Crippen molar-refractivity contribution in [2.24, 2.45) is 7.05 Å². The molecule has 20 heavy (non-hydrogen) atoms. The second-order valence-electron chi connectivity index (χ2n) is 5.75. The molecule has 3 nitrogen and oxygen atoms in total. The van der Waals surface area contributed by atoms with Crippen LogP contribution in [0.2, 0.25) is 0 Å². The summed E-state index contributed by atoms with van der Waals surface area (Å²) in [7, 11) is 1.94. The number of rotatable bonds is 12. The Morgan fingerprint density at radius 1 is 1.05 bits per heavy atom. The van der Waals surface area contributed by atoms with E-state index in [0.29, 0.717) is 18.6 Å². The van der Waals surface area contributed by atoms with Gasteiger partial charge in [-0.25, -0.2) is 4.98 Å². The monoisotopic (exact) mass is 278 g/mol. The molecule has 1 heterocycles. The average molecular weight is 278 g/mol. The zero-order valence-corrected chi connectivity index (χ0v) is 13.2. The standard InChI is InChI=1S/C17H30N2O/c1-3-4-5-6-7-8-9-10-11-12-16(20)15-17-18-13-14-19(17)2/h13-14H,3-12,15H2,1-2H3. The molecular formula is C17H30N2O. The van der Waals surface area contributed by atoms with Crippen molar-refractivity contribution in [3.63, 3.8) is 0 Å². The minimum Gasteiger partial charge on any atom is -0.338 e. The fraction of sp³-hybridized carbons (Fsp3) is 0.765. The molecule has 0 saturated carbocycles. The third kappa shape index (κ3) is 7.46. The normalized spacial score (nSPS) is 10.9. The maximum Gasteiger partial charge on any atom is 0.140 e. The summed E-state index contributed by atoms with van der Waals surface area (Å²) in [5, 5.41) is 0. The molecule has 0 fully saturated rings. The van der Waals surface area contributed by atoms with Crippen LogP contribution in [0, 0.1) is 0 Å². The van der Waals surface area contributed by atoms with E-state index < -0.39 is 0 Å². The number of carbonyl (C=O) groups is 1. The number of carbonyl (C=O) groups excluding carboxylic acids is 1. The van der Waals surface area contributed by atoms with Crippen molar-refractivity contribution in [2.75, 3.05) is 0 Å². The molecule has 1 aromatic heterocycles. The molecule has 0 aliphatic rings. The van der Waals surface area contributed by atoms with Crippen LogP contribution in [-0.4, -0.2) is 15.3 Å². The number of Topliss-reactive ketones (excluding diaryl/α,β-unsaturated/α-hetero) is 1. The van der Waals surface area contributed by atoms with Gasteiger partial charge in [0.25, 0.3) is 0 Å². The average Bonchev–Trinajstić information content (AvgIpc) is 2.82. The lowest BCUT2D eigenvalue weighted by molar-refractivity contribution is -0.118. The SMILES string of the molecule is CCCCCCCCCCCC(=O)Cc1nccn1C. The molecule has 0 amide bonds. The quantitative estimate of drug-likeness (QED) is 0.529. The maximum atomic E-state index is 11.8. The van der Waals surface area contributed by atoms with E-state index in [-0.39, 0.29) is 0 Å². The van der Waals surface area contributed by atoms with Gasteiger partial charge in [0.05, 0.1) is 6.42 Å². The highest BCUT2D eigenvalue weighted by atomic mass is 16.1. The predicted octanol–water partition coefficient (Wildman–Crippen LogP) is 4.45. The number of unbranched alkanes of at least 4 members (excludes halogenated alkanes) is 8. The number of aryl methyl sites for hydroxylation is 1. The lowest BCUT2D eigenvalue weighted by Crippen LogP contribution is -2.07. The Morgan fingerprint density at radius 3 is 2.20 bits per heavy atom. The Morgan fingerprint density at radius 2 is 1.65 bits per heavy atom. The highest BCUT2D eigenvalue weighted by Crippen LogP contribution is 2.11. The Hall–Kier alpha value is -1.12. The summed E-state index contributed by atoms with van der Waals surface area (Å²) >= 11 is 0. The molecule has 1 rings (SSSR count). The van der Waals surface area contributed by atoms with E-state index in [1.807, 2.05) is 17.8 Å². The summed E-state index contributed by atoms with van der Waals surface area (Å²) in [6, 6.07) is 0. The minimum absolute atomic E-state index is 0.322. The fourth-order valence-corrected chi connectivity index (χ4v) is 2.46. The van der Waals surface area contributed by atoms with Gasteiger partial charge in [-0.2, -0.15) is 0 Å². The summed E-state index contributed by atoms with van der Waals surface area (Å²) in [4.78, 5) is 16.0. The van der Waals surface area contributed by atoms with Crippen LogP contribution in [0.3, 0.4) is 0 Å². The summed E-state index contributed by atoms with van der Waals surface area (Å²) in [5.41, 5.74) is 0. The lowest BCUT2D eigenvalue weighted by Gasteiger charge is -2.03. The molecular weight excluding hydrogens is 248 g/mol. The van der Waals surface area contributed by atoms with Gasteiger partial charge in [-0.3, -0.25) is 4.79 Å². The van der Waals surface area contributed by atoms with Crippen molar-refractivity contribution >= 4 is 5.78 Å². The van der Waals surface area contributed by atoms with Crippen LogP contribution >= 0.6 is 0 Å².